The van der Waals surface area contributed by atoms with Gasteiger partial charge in [-0.05, 0) is 30.0 Å². The first-order valence-electron chi connectivity index (χ1n) is 4.17. The molecule has 0 aromatic heterocycles. The molecule has 2 atom stereocenters. The molecule has 0 amide bonds. The van der Waals surface area contributed by atoms with Crippen LogP contribution in [-0.4, -0.2) is 11.1 Å². The van der Waals surface area contributed by atoms with Gasteiger partial charge in [-0.3, -0.25) is 4.79 Å². The van der Waals surface area contributed by atoms with Crippen LogP contribution in [0.1, 0.15) is 17.9 Å². The molecule has 1 aliphatic carbocycles. The quantitative estimate of drug-likeness (QED) is 0.789. The van der Waals surface area contributed by atoms with Gasteiger partial charge < -0.3 is 5.11 Å². The summed E-state index contributed by atoms with van der Waals surface area (Å²) in [6, 6.07) is 7.42. The van der Waals surface area contributed by atoms with Crippen molar-refractivity contribution in [3.63, 3.8) is 0 Å². The van der Waals surface area contributed by atoms with Gasteiger partial charge in [-0.2, -0.15) is 0 Å². The second-order valence-electron chi connectivity index (χ2n) is 3.34. The van der Waals surface area contributed by atoms with Crippen LogP contribution in [0.3, 0.4) is 0 Å². The molecule has 2 nitrogen and oxygen atoms in total. The van der Waals surface area contributed by atoms with Crippen molar-refractivity contribution in [3.05, 3.63) is 34.9 Å². The average molecular weight is 197 g/mol. The van der Waals surface area contributed by atoms with Gasteiger partial charge in [0.2, 0.25) is 0 Å². The fourth-order valence-electron chi connectivity index (χ4n) is 1.57. The van der Waals surface area contributed by atoms with Gasteiger partial charge in [0, 0.05) is 5.02 Å². The van der Waals surface area contributed by atoms with Crippen LogP contribution in [0.25, 0.3) is 0 Å². The second-order valence-corrected chi connectivity index (χ2v) is 3.78. The molecular weight excluding hydrogens is 188 g/mol. The van der Waals surface area contributed by atoms with Gasteiger partial charge in [0.05, 0.1) is 5.92 Å². The van der Waals surface area contributed by atoms with Crippen molar-refractivity contribution in [2.45, 2.75) is 12.3 Å². The SMILES string of the molecule is O=C(O)[C@H]1C[C@H]1c1cccc(Cl)c1. The van der Waals surface area contributed by atoms with Crippen molar-refractivity contribution in [2.24, 2.45) is 5.92 Å². The Morgan fingerprint density at radius 2 is 2.31 bits per heavy atom. The number of carbonyl (C=O) groups is 1. The van der Waals surface area contributed by atoms with Crippen LogP contribution in [0, 0.1) is 5.92 Å². The summed E-state index contributed by atoms with van der Waals surface area (Å²) in [6.07, 6.45) is 0.746. The molecule has 0 unspecified atom stereocenters. The van der Waals surface area contributed by atoms with Crippen LogP contribution < -0.4 is 0 Å². The molecule has 0 saturated heterocycles. The lowest BCUT2D eigenvalue weighted by Gasteiger charge is -1.98. The summed E-state index contributed by atoms with van der Waals surface area (Å²) in [4.78, 5) is 10.6. The zero-order chi connectivity index (χ0) is 9.42. The van der Waals surface area contributed by atoms with Gasteiger partial charge in [0.25, 0.3) is 0 Å². The Kier molecular flexibility index (Phi) is 2.00. The molecule has 1 fully saturated rings. The van der Waals surface area contributed by atoms with E-state index in [1.807, 2.05) is 18.2 Å². The van der Waals surface area contributed by atoms with Gasteiger partial charge >= 0.3 is 5.97 Å². The molecule has 1 N–H and O–H groups in total. The highest BCUT2D eigenvalue weighted by molar-refractivity contribution is 6.30. The molecule has 1 aliphatic rings. The van der Waals surface area contributed by atoms with Gasteiger partial charge in [0.15, 0.2) is 0 Å². The fourth-order valence-corrected chi connectivity index (χ4v) is 1.77. The highest BCUT2D eigenvalue weighted by atomic mass is 35.5. The number of benzene rings is 1. The first-order chi connectivity index (χ1) is 6.18. The number of hydrogen-bond acceptors (Lipinski definition) is 1. The monoisotopic (exact) mass is 196 g/mol. The Hall–Kier alpha value is -1.02. The van der Waals surface area contributed by atoms with E-state index in [2.05, 4.69) is 0 Å². The normalized spacial score (nSPS) is 25.6. The van der Waals surface area contributed by atoms with Crippen LogP contribution in [-0.2, 0) is 4.79 Å². The summed E-state index contributed by atoms with van der Waals surface area (Å²) in [5, 5.41) is 9.40. The third kappa shape index (κ3) is 1.68. The second kappa shape index (κ2) is 3.04. The Balaban J connectivity index is 2.16. The molecule has 2 rings (SSSR count). The van der Waals surface area contributed by atoms with E-state index in [0.29, 0.717) is 5.02 Å². The van der Waals surface area contributed by atoms with E-state index in [1.165, 1.54) is 0 Å². The molecular formula is C10H9ClO2. The number of hydrogen-bond donors (Lipinski definition) is 1. The number of carboxylic acid groups (broad SMARTS) is 1. The van der Waals surface area contributed by atoms with Crippen molar-refractivity contribution >= 4 is 17.6 Å². The first-order valence-corrected chi connectivity index (χ1v) is 4.54. The van der Waals surface area contributed by atoms with Gasteiger partial charge in [-0.25, -0.2) is 0 Å². The minimum absolute atomic E-state index is 0.177. The Bertz CT molecular complexity index is 349. The molecule has 1 saturated carbocycles. The lowest BCUT2D eigenvalue weighted by atomic mass is 10.1. The highest BCUT2D eigenvalue weighted by Crippen LogP contribution is 2.47. The molecule has 0 heterocycles. The van der Waals surface area contributed by atoms with Crippen LogP contribution in [0.4, 0.5) is 0 Å². The summed E-state index contributed by atoms with van der Waals surface area (Å²) in [5.41, 5.74) is 1.04. The zero-order valence-electron chi connectivity index (χ0n) is 6.90. The lowest BCUT2D eigenvalue weighted by molar-refractivity contribution is -0.138. The maximum atomic E-state index is 10.6. The van der Waals surface area contributed by atoms with Gasteiger partial charge in [-0.1, -0.05) is 23.7 Å². The Morgan fingerprint density at radius 1 is 1.54 bits per heavy atom. The summed E-state index contributed by atoms with van der Waals surface area (Å²) >= 11 is 5.80. The van der Waals surface area contributed by atoms with Gasteiger partial charge in [-0.15, -0.1) is 0 Å². The zero-order valence-corrected chi connectivity index (χ0v) is 7.66. The first kappa shape index (κ1) is 8.57. The summed E-state index contributed by atoms with van der Waals surface area (Å²) in [6.45, 7) is 0. The molecule has 0 spiro atoms. The molecule has 0 radical (unpaired) electrons. The third-order valence-electron chi connectivity index (χ3n) is 2.38. The van der Waals surface area contributed by atoms with Crippen molar-refractivity contribution in [3.8, 4) is 0 Å². The van der Waals surface area contributed by atoms with E-state index in [-0.39, 0.29) is 11.8 Å². The summed E-state index contributed by atoms with van der Waals surface area (Å²) in [5.74, 6) is -0.723. The van der Waals surface area contributed by atoms with E-state index in [9.17, 15) is 4.79 Å². The predicted molar refractivity (Wildman–Crippen MR) is 49.9 cm³/mol. The number of halogens is 1. The molecule has 1 aromatic rings. The van der Waals surface area contributed by atoms with E-state index in [0.717, 1.165) is 12.0 Å². The van der Waals surface area contributed by atoms with E-state index in [4.69, 9.17) is 16.7 Å². The maximum Gasteiger partial charge on any atom is 0.307 e. The van der Waals surface area contributed by atoms with Crippen LogP contribution >= 0.6 is 11.6 Å². The third-order valence-corrected chi connectivity index (χ3v) is 2.62. The molecule has 1 aromatic carbocycles. The highest BCUT2D eigenvalue weighted by Gasteiger charge is 2.44. The summed E-state index contributed by atoms with van der Waals surface area (Å²) in [7, 11) is 0. The number of aliphatic carboxylic acids is 1. The van der Waals surface area contributed by atoms with E-state index < -0.39 is 5.97 Å². The van der Waals surface area contributed by atoms with E-state index in [1.54, 1.807) is 6.07 Å². The summed E-state index contributed by atoms with van der Waals surface area (Å²) < 4.78 is 0. The lowest BCUT2D eigenvalue weighted by Crippen LogP contribution is -1.98. The molecule has 0 aliphatic heterocycles. The molecule has 13 heavy (non-hydrogen) atoms. The Labute approximate surface area is 81.1 Å². The fraction of sp³-hybridized carbons (Fsp3) is 0.300. The standard InChI is InChI=1S/C10H9ClO2/c11-7-3-1-2-6(4-7)8-5-9(8)10(12)13/h1-4,8-9H,5H2,(H,12,13)/t8-,9-/m0/s1. The van der Waals surface area contributed by atoms with Crippen molar-refractivity contribution in [1.82, 2.24) is 0 Å². The van der Waals surface area contributed by atoms with Gasteiger partial charge in [0.1, 0.15) is 0 Å². The van der Waals surface area contributed by atoms with Crippen molar-refractivity contribution in [2.75, 3.05) is 0 Å². The minimum atomic E-state index is -0.704. The molecule has 68 valence electrons. The molecule has 3 heteroatoms. The smallest absolute Gasteiger partial charge is 0.307 e. The van der Waals surface area contributed by atoms with Crippen LogP contribution in [0.15, 0.2) is 24.3 Å². The largest absolute Gasteiger partial charge is 0.481 e. The minimum Gasteiger partial charge on any atom is -0.481 e. The van der Waals surface area contributed by atoms with Crippen molar-refractivity contribution < 1.29 is 9.90 Å². The number of rotatable bonds is 2. The Morgan fingerprint density at radius 3 is 2.85 bits per heavy atom. The predicted octanol–water partition coefficient (Wildman–Crippen LogP) is 2.53. The topological polar surface area (TPSA) is 37.3 Å². The van der Waals surface area contributed by atoms with Crippen LogP contribution in [0.5, 0.6) is 0 Å². The molecule has 0 bridgehead atoms. The van der Waals surface area contributed by atoms with E-state index >= 15 is 0 Å². The maximum absolute atomic E-state index is 10.6. The average Bonchev–Trinajstić information content (AvgIpc) is 2.82. The van der Waals surface area contributed by atoms with Crippen LogP contribution in [0.2, 0.25) is 5.02 Å². The van der Waals surface area contributed by atoms with Crippen molar-refractivity contribution in [1.29, 1.82) is 0 Å². The number of carboxylic acids is 1.